The number of hydrogen-bond donors (Lipinski definition) is 0. The quantitative estimate of drug-likeness (QED) is 0.521. The third kappa shape index (κ3) is 2.52. The second kappa shape index (κ2) is 6.38. The van der Waals surface area contributed by atoms with E-state index in [9.17, 15) is 14.4 Å². The molecule has 1 saturated heterocycles. The molecular weight excluding hydrogens is 418 g/mol. The third-order valence-electron chi connectivity index (χ3n) is 6.85. The highest BCUT2D eigenvalue weighted by atomic mass is 79.9. The molecule has 0 radical (unpaired) electrons. The van der Waals surface area contributed by atoms with Crippen molar-refractivity contribution in [2.45, 2.75) is 25.7 Å². The number of halogens is 1. The average molecular weight is 438 g/mol. The summed E-state index contributed by atoms with van der Waals surface area (Å²) in [4.78, 5) is 39.3. The summed E-state index contributed by atoms with van der Waals surface area (Å²) < 4.78 is 0.921. The lowest BCUT2D eigenvalue weighted by Crippen LogP contribution is -2.32. The fraction of sp³-hybridized carbons (Fsp3) is 0.348. The van der Waals surface area contributed by atoms with E-state index in [0.29, 0.717) is 11.3 Å². The number of carbonyl (C=O) groups excluding carboxylic acids is 3. The van der Waals surface area contributed by atoms with Gasteiger partial charge in [-0.3, -0.25) is 19.3 Å². The maximum Gasteiger partial charge on any atom is 0.237 e. The van der Waals surface area contributed by atoms with Gasteiger partial charge in [0.05, 0.1) is 17.5 Å². The van der Waals surface area contributed by atoms with Crippen molar-refractivity contribution >= 4 is 39.2 Å². The number of fused-ring (bicyclic) bond motifs is 5. The molecule has 0 unspecified atom stereocenters. The van der Waals surface area contributed by atoms with Gasteiger partial charge < -0.3 is 0 Å². The molecule has 4 nitrogen and oxygen atoms in total. The van der Waals surface area contributed by atoms with Crippen molar-refractivity contribution in [2.75, 3.05) is 4.90 Å². The monoisotopic (exact) mass is 437 g/mol. The van der Waals surface area contributed by atoms with Crippen LogP contribution in [0.3, 0.4) is 0 Å². The van der Waals surface area contributed by atoms with Crippen LogP contribution >= 0.6 is 15.9 Å². The van der Waals surface area contributed by atoms with Crippen molar-refractivity contribution in [3.05, 3.63) is 64.1 Å². The Balaban J connectivity index is 1.44. The van der Waals surface area contributed by atoms with Crippen molar-refractivity contribution < 1.29 is 14.4 Å². The summed E-state index contributed by atoms with van der Waals surface area (Å²) in [7, 11) is 0. The minimum atomic E-state index is -0.215. The Kier molecular flexibility index (Phi) is 4.05. The number of nitrogens with zero attached hydrogens (tertiary/aromatic N) is 1. The maximum atomic E-state index is 13.2. The number of imide groups is 1. The Morgan fingerprint density at radius 1 is 0.929 bits per heavy atom. The van der Waals surface area contributed by atoms with Crippen LogP contribution in [0.4, 0.5) is 5.69 Å². The minimum Gasteiger partial charge on any atom is -0.295 e. The van der Waals surface area contributed by atoms with E-state index in [-0.39, 0.29) is 47.2 Å². The van der Waals surface area contributed by atoms with Crippen LogP contribution in [0.2, 0.25) is 0 Å². The van der Waals surface area contributed by atoms with E-state index in [1.165, 1.54) is 10.5 Å². The normalized spacial score (nSPS) is 30.8. The van der Waals surface area contributed by atoms with E-state index in [1.54, 1.807) is 6.92 Å². The van der Waals surface area contributed by atoms with Gasteiger partial charge in [0.2, 0.25) is 11.8 Å². The lowest BCUT2D eigenvalue weighted by molar-refractivity contribution is -0.123. The molecule has 1 heterocycles. The molecule has 2 amide bonds. The molecule has 28 heavy (non-hydrogen) atoms. The number of benzene rings is 2. The van der Waals surface area contributed by atoms with Crippen LogP contribution in [0.25, 0.3) is 0 Å². The highest BCUT2D eigenvalue weighted by molar-refractivity contribution is 9.10. The first-order valence-electron chi connectivity index (χ1n) is 9.70. The molecule has 142 valence electrons. The second-order valence-electron chi connectivity index (χ2n) is 8.22. The fourth-order valence-electron chi connectivity index (χ4n) is 5.65. The first-order chi connectivity index (χ1) is 13.5. The van der Waals surface area contributed by atoms with E-state index in [1.807, 2.05) is 48.5 Å². The second-order valence-corrected chi connectivity index (χ2v) is 9.14. The SMILES string of the molecule is CC(=O)c1ccc([C@@H]2C[C@H]3C[C@H]2[C@H]2C(=O)N(c4ccc(Br)cc4)C(=O)[C@@H]32)cc1. The Morgan fingerprint density at radius 3 is 2.21 bits per heavy atom. The predicted octanol–water partition coefficient (Wildman–Crippen LogP) is 4.58. The van der Waals surface area contributed by atoms with Gasteiger partial charge in [-0.25, -0.2) is 0 Å². The van der Waals surface area contributed by atoms with Gasteiger partial charge in [-0.05, 0) is 67.3 Å². The Morgan fingerprint density at radius 2 is 1.57 bits per heavy atom. The van der Waals surface area contributed by atoms with E-state index in [0.717, 1.165) is 17.3 Å². The molecule has 5 heteroatoms. The molecule has 0 N–H and O–H groups in total. The maximum absolute atomic E-state index is 13.2. The van der Waals surface area contributed by atoms with E-state index in [4.69, 9.17) is 0 Å². The molecule has 1 aliphatic heterocycles. The van der Waals surface area contributed by atoms with Gasteiger partial charge in [0, 0.05) is 10.0 Å². The molecule has 3 fully saturated rings. The molecule has 5 rings (SSSR count). The van der Waals surface area contributed by atoms with Gasteiger partial charge in [-0.1, -0.05) is 40.2 Å². The van der Waals surface area contributed by atoms with Gasteiger partial charge in [0.1, 0.15) is 0 Å². The molecule has 2 bridgehead atoms. The third-order valence-corrected chi connectivity index (χ3v) is 7.37. The Hall–Kier alpha value is -2.27. The van der Waals surface area contributed by atoms with Gasteiger partial charge in [0.15, 0.2) is 5.78 Å². The minimum absolute atomic E-state index is 0.0322. The standard InChI is InChI=1S/C23H20BrNO3/c1-12(26)13-2-4-14(5-3-13)18-10-15-11-19(18)21-20(15)22(27)25(23(21)28)17-8-6-16(24)7-9-17/h2-9,15,18-21H,10-11H2,1H3/t15-,18-,19+,20-,21+/m0/s1. The summed E-state index contributed by atoms with van der Waals surface area (Å²) in [6.07, 6.45) is 1.89. The number of hydrogen-bond acceptors (Lipinski definition) is 3. The van der Waals surface area contributed by atoms with Crippen molar-refractivity contribution in [1.29, 1.82) is 0 Å². The lowest BCUT2D eigenvalue weighted by atomic mass is 9.72. The number of Topliss-reactive ketones (excluding diaryl/α,β-unsaturated/α-hetero) is 1. The number of ketones is 1. The molecule has 3 aliphatic rings. The average Bonchev–Trinajstić information content (AvgIpc) is 3.34. The predicted molar refractivity (Wildman–Crippen MR) is 109 cm³/mol. The zero-order valence-electron chi connectivity index (χ0n) is 15.5. The van der Waals surface area contributed by atoms with Crippen molar-refractivity contribution in [2.24, 2.45) is 23.7 Å². The Bertz CT molecular complexity index is 982. The molecule has 2 aliphatic carbocycles. The van der Waals surface area contributed by atoms with Crippen molar-refractivity contribution in [3.8, 4) is 0 Å². The molecule has 5 atom stereocenters. The summed E-state index contributed by atoms with van der Waals surface area (Å²) in [5.41, 5.74) is 2.55. The van der Waals surface area contributed by atoms with Crippen molar-refractivity contribution in [3.63, 3.8) is 0 Å². The Labute approximate surface area is 172 Å². The van der Waals surface area contributed by atoms with E-state index >= 15 is 0 Å². The van der Waals surface area contributed by atoms with Crippen LogP contribution in [0, 0.1) is 23.7 Å². The zero-order chi connectivity index (χ0) is 19.6. The van der Waals surface area contributed by atoms with Crippen LogP contribution in [0.1, 0.15) is 41.6 Å². The van der Waals surface area contributed by atoms with E-state index < -0.39 is 0 Å². The zero-order valence-corrected chi connectivity index (χ0v) is 17.1. The topological polar surface area (TPSA) is 54.5 Å². The first-order valence-corrected chi connectivity index (χ1v) is 10.5. The summed E-state index contributed by atoms with van der Waals surface area (Å²) in [5.74, 6) is 0.348. The summed E-state index contributed by atoms with van der Waals surface area (Å²) >= 11 is 3.40. The molecule has 2 aromatic rings. The highest BCUT2D eigenvalue weighted by Crippen LogP contribution is 2.61. The molecule has 0 aromatic heterocycles. The van der Waals surface area contributed by atoms with Crippen LogP contribution in [0.5, 0.6) is 0 Å². The number of carbonyl (C=O) groups is 3. The summed E-state index contributed by atoms with van der Waals surface area (Å²) in [5, 5.41) is 0. The molecule has 2 aromatic carbocycles. The van der Waals surface area contributed by atoms with Gasteiger partial charge in [-0.15, -0.1) is 0 Å². The van der Waals surface area contributed by atoms with Crippen LogP contribution in [-0.4, -0.2) is 17.6 Å². The highest BCUT2D eigenvalue weighted by Gasteiger charge is 2.64. The van der Waals surface area contributed by atoms with Crippen LogP contribution in [-0.2, 0) is 9.59 Å². The van der Waals surface area contributed by atoms with E-state index in [2.05, 4.69) is 15.9 Å². The van der Waals surface area contributed by atoms with Gasteiger partial charge in [0.25, 0.3) is 0 Å². The molecule has 0 spiro atoms. The fourth-order valence-corrected chi connectivity index (χ4v) is 5.92. The van der Waals surface area contributed by atoms with Gasteiger partial charge in [-0.2, -0.15) is 0 Å². The largest absolute Gasteiger partial charge is 0.295 e. The number of rotatable bonds is 3. The molecule has 2 saturated carbocycles. The van der Waals surface area contributed by atoms with Crippen LogP contribution in [0.15, 0.2) is 53.0 Å². The lowest BCUT2D eigenvalue weighted by Gasteiger charge is -2.29. The van der Waals surface area contributed by atoms with Crippen LogP contribution < -0.4 is 4.90 Å². The summed E-state index contributed by atoms with van der Waals surface area (Å²) in [6, 6.07) is 15.1. The van der Waals surface area contributed by atoms with Crippen molar-refractivity contribution in [1.82, 2.24) is 0 Å². The summed E-state index contributed by atoms with van der Waals surface area (Å²) in [6.45, 7) is 1.57. The smallest absolute Gasteiger partial charge is 0.237 e. The first kappa shape index (κ1) is 17.8. The van der Waals surface area contributed by atoms with Gasteiger partial charge >= 0.3 is 0 Å². The number of anilines is 1. The number of amides is 2. The molecular formula is C23H20BrNO3.